The maximum absolute atomic E-state index is 12.9. The molecule has 64 valence electrons. The lowest BCUT2D eigenvalue weighted by atomic mass is 10.1. The molecule has 0 unspecified atom stereocenters. The minimum atomic E-state index is -1.10. The minimum Gasteiger partial charge on any atom is -0.294 e. The first kappa shape index (κ1) is 9.32. The minimum absolute atomic E-state index is 0.0185. The van der Waals surface area contributed by atoms with E-state index in [9.17, 15) is 13.6 Å². The van der Waals surface area contributed by atoms with Gasteiger partial charge in [0.15, 0.2) is 17.4 Å². The number of rotatable bonds is 1. The van der Waals surface area contributed by atoms with Gasteiger partial charge in [0.25, 0.3) is 0 Å². The monoisotopic (exact) mass is 234 g/mol. The Morgan fingerprint density at radius 2 is 1.92 bits per heavy atom. The molecular weight excluding hydrogens is 230 g/mol. The zero-order chi connectivity index (χ0) is 9.30. The molecule has 0 bridgehead atoms. The van der Waals surface area contributed by atoms with Crippen LogP contribution in [0.15, 0.2) is 16.6 Å². The highest BCUT2D eigenvalue weighted by Crippen LogP contribution is 2.20. The summed E-state index contributed by atoms with van der Waals surface area (Å²) in [5.74, 6) is -2.61. The van der Waals surface area contributed by atoms with Crippen molar-refractivity contribution in [2.24, 2.45) is 0 Å². The second kappa shape index (κ2) is 3.31. The molecule has 4 heteroatoms. The Labute approximate surface area is 76.5 Å². The van der Waals surface area contributed by atoms with E-state index in [1.54, 1.807) is 0 Å². The molecular formula is C8H5BrF2O. The number of carbonyl (C=O) groups is 1. The number of hydrogen-bond donors (Lipinski definition) is 0. The van der Waals surface area contributed by atoms with E-state index in [4.69, 9.17) is 0 Å². The summed E-state index contributed by atoms with van der Waals surface area (Å²) in [6.45, 7) is 1.19. The second-order valence-electron chi connectivity index (χ2n) is 2.28. The van der Waals surface area contributed by atoms with Gasteiger partial charge in [0, 0.05) is 0 Å². The quantitative estimate of drug-likeness (QED) is 0.540. The average Bonchev–Trinajstić information content (AvgIpc) is 2.00. The summed E-state index contributed by atoms with van der Waals surface area (Å²) in [7, 11) is 0. The highest BCUT2D eigenvalue weighted by atomic mass is 79.9. The highest BCUT2D eigenvalue weighted by molar-refractivity contribution is 9.10. The van der Waals surface area contributed by atoms with Crippen molar-refractivity contribution in [1.29, 1.82) is 0 Å². The van der Waals surface area contributed by atoms with Crippen LogP contribution < -0.4 is 0 Å². The fourth-order valence-corrected chi connectivity index (χ4v) is 1.10. The first-order valence-corrected chi connectivity index (χ1v) is 3.97. The Bertz CT molecular complexity index is 336. The maximum atomic E-state index is 12.9. The molecule has 0 saturated heterocycles. The molecule has 0 radical (unpaired) electrons. The predicted molar refractivity (Wildman–Crippen MR) is 44.1 cm³/mol. The average molecular weight is 235 g/mol. The van der Waals surface area contributed by atoms with Crippen LogP contribution in [0.25, 0.3) is 0 Å². The smallest absolute Gasteiger partial charge is 0.173 e. The molecule has 1 nitrogen and oxygen atoms in total. The predicted octanol–water partition coefficient (Wildman–Crippen LogP) is 2.93. The van der Waals surface area contributed by atoms with Gasteiger partial charge in [0.05, 0.1) is 10.0 Å². The standard InChI is InChI=1S/C8H5BrF2O/c1-4(12)5-2-3-6(9)8(11)7(5)10/h2-3H,1H3. The fourth-order valence-electron chi connectivity index (χ4n) is 0.798. The van der Waals surface area contributed by atoms with Gasteiger partial charge < -0.3 is 0 Å². The molecule has 1 aromatic rings. The van der Waals surface area contributed by atoms with E-state index in [1.807, 2.05) is 0 Å². The van der Waals surface area contributed by atoms with Crippen LogP contribution in [-0.4, -0.2) is 5.78 Å². The van der Waals surface area contributed by atoms with Crippen LogP contribution in [0.5, 0.6) is 0 Å². The molecule has 0 amide bonds. The Morgan fingerprint density at radius 3 is 2.42 bits per heavy atom. The molecule has 1 rings (SSSR count). The topological polar surface area (TPSA) is 17.1 Å². The van der Waals surface area contributed by atoms with Crippen LogP contribution in [0.2, 0.25) is 0 Å². The normalized spacial score (nSPS) is 10.0. The summed E-state index contributed by atoms with van der Waals surface area (Å²) in [6.07, 6.45) is 0. The molecule has 0 N–H and O–H groups in total. The first-order chi connectivity index (χ1) is 5.54. The van der Waals surface area contributed by atoms with Gasteiger partial charge in [-0.15, -0.1) is 0 Å². The second-order valence-corrected chi connectivity index (χ2v) is 3.13. The summed E-state index contributed by atoms with van der Waals surface area (Å²) in [5, 5.41) is 0. The molecule has 0 aliphatic heterocycles. The molecule has 0 aliphatic rings. The molecule has 1 aromatic carbocycles. The van der Waals surface area contributed by atoms with Crippen LogP contribution >= 0.6 is 15.9 Å². The van der Waals surface area contributed by atoms with Gasteiger partial charge >= 0.3 is 0 Å². The number of halogens is 3. The molecule has 0 fully saturated rings. The summed E-state index contributed by atoms with van der Waals surface area (Å²) in [4.78, 5) is 10.7. The number of ketones is 1. The van der Waals surface area contributed by atoms with Crippen molar-refractivity contribution in [2.75, 3.05) is 0 Å². The van der Waals surface area contributed by atoms with Crippen molar-refractivity contribution < 1.29 is 13.6 Å². The third-order valence-corrected chi connectivity index (χ3v) is 2.03. The number of hydrogen-bond acceptors (Lipinski definition) is 1. The van der Waals surface area contributed by atoms with Crippen molar-refractivity contribution in [1.82, 2.24) is 0 Å². The van der Waals surface area contributed by atoms with Crippen molar-refractivity contribution in [2.45, 2.75) is 6.92 Å². The zero-order valence-corrected chi connectivity index (χ0v) is 7.78. The van der Waals surface area contributed by atoms with Gasteiger partial charge in [-0.2, -0.15) is 0 Å². The molecule has 0 atom stereocenters. The molecule has 0 aliphatic carbocycles. The van der Waals surface area contributed by atoms with Gasteiger partial charge in [-0.25, -0.2) is 8.78 Å². The first-order valence-electron chi connectivity index (χ1n) is 3.18. The van der Waals surface area contributed by atoms with Crippen molar-refractivity contribution >= 4 is 21.7 Å². The molecule has 0 saturated carbocycles. The lowest BCUT2D eigenvalue weighted by Gasteiger charge is -2.00. The largest absolute Gasteiger partial charge is 0.294 e. The van der Waals surface area contributed by atoms with Crippen LogP contribution in [0.1, 0.15) is 17.3 Å². The van der Waals surface area contributed by atoms with Gasteiger partial charge in [-0.1, -0.05) is 0 Å². The highest BCUT2D eigenvalue weighted by Gasteiger charge is 2.14. The van der Waals surface area contributed by atoms with E-state index in [-0.39, 0.29) is 10.0 Å². The van der Waals surface area contributed by atoms with Crippen LogP contribution in [0.3, 0.4) is 0 Å². The van der Waals surface area contributed by atoms with Gasteiger partial charge in [-0.05, 0) is 35.0 Å². The number of Topliss-reactive ketones (excluding diaryl/α,β-unsaturated/α-hetero) is 1. The van der Waals surface area contributed by atoms with E-state index in [0.717, 1.165) is 0 Å². The van der Waals surface area contributed by atoms with Gasteiger partial charge in [-0.3, -0.25) is 4.79 Å². The van der Waals surface area contributed by atoms with E-state index >= 15 is 0 Å². The van der Waals surface area contributed by atoms with Crippen molar-refractivity contribution in [3.05, 3.63) is 33.8 Å². The van der Waals surface area contributed by atoms with Gasteiger partial charge in [0.1, 0.15) is 0 Å². The molecule has 0 heterocycles. The van der Waals surface area contributed by atoms with Crippen LogP contribution in [0.4, 0.5) is 8.78 Å². The molecule has 0 aromatic heterocycles. The Kier molecular flexibility index (Phi) is 2.57. The van der Waals surface area contributed by atoms with Crippen molar-refractivity contribution in [3.8, 4) is 0 Å². The van der Waals surface area contributed by atoms with Crippen molar-refractivity contribution in [3.63, 3.8) is 0 Å². The van der Waals surface area contributed by atoms with E-state index < -0.39 is 17.4 Å². The summed E-state index contributed by atoms with van der Waals surface area (Å²) in [5.41, 5.74) is -0.226. The Balaban J connectivity index is 3.36. The summed E-state index contributed by atoms with van der Waals surface area (Å²) in [6, 6.07) is 2.54. The van der Waals surface area contributed by atoms with E-state index in [0.29, 0.717) is 0 Å². The number of carbonyl (C=O) groups excluding carboxylic acids is 1. The summed E-state index contributed by atoms with van der Waals surface area (Å²) < 4.78 is 25.7. The van der Waals surface area contributed by atoms with Gasteiger partial charge in [0.2, 0.25) is 0 Å². The number of benzene rings is 1. The molecule has 0 spiro atoms. The lowest BCUT2D eigenvalue weighted by molar-refractivity contribution is 0.101. The fraction of sp³-hybridized carbons (Fsp3) is 0.125. The Hall–Kier alpha value is -0.770. The Morgan fingerprint density at radius 1 is 1.33 bits per heavy atom. The van der Waals surface area contributed by atoms with Crippen LogP contribution in [0, 0.1) is 11.6 Å². The maximum Gasteiger partial charge on any atom is 0.173 e. The SMILES string of the molecule is CC(=O)c1ccc(Br)c(F)c1F. The molecule has 12 heavy (non-hydrogen) atoms. The van der Waals surface area contributed by atoms with E-state index in [2.05, 4.69) is 15.9 Å². The lowest BCUT2D eigenvalue weighted by Crippen LogP contribution is -1.99. The zero-order valence-electron chi connectivity index (χ0n) is 6.20. The third-order valence-electron chi connectivity index (χ3n) is 1.41. The summed E-state index contributed by atoms with van der Waals surface area (Å²) >= 11 is 2.80. The van der Waals surface area contributed by atoms with E-state index in [1.165, 1.54) is 19.1 Å². The third kappa shape index (κ3) is 1.53. The van der Waals surface area contributed by atoms with Crippen LogP contribution in [-0.2, 0) is 0 Å².